The molecule has 1 aromatic heterocycles. The number of nitrogens with one attached hydrogen (secondary N) is 1. The maximum absolute atomic E-state index is 14.2. The third-order valence-corrected chi connectivity index (χ3v) is 5.72. The number of rotatable bonds is 6. The lowest BCUT2D eigenvalue weighted by Crippen LogP contribution is -2.11. The van der Waals surface area contributed by atoms with Crippen molar-refractivity contribution in [2.24, 2.45) is 0 Å². The third kappa shape index (κ3) is 5.19. The molecular formula is C30H21F2N3O3. The molecule has 0 radical (unpaired) electrons. The van der Waals surface area contributed by atoms with Crippen LogP contribution in [0.25, 0.3) is 28.1 Å². The lowest BCUT2D eigenvalue weighted by molar-refractivity contribution is -0.132. The molecule has 0 saturated carbocycles. The van der Waals surface area contributed by atoms with Crippen LogP contribution in [-0.2, 0) is 4.79 Å². The minimum atomic E-state index is -0.544. The molecule has 0 fully saturated rings. The molecule has 0 aliphatic carbocycles. The maximum Gasteiger partial charge on any atom is 0.309 e. The van der Waals surface area contributed by atoms with Gasteiger partial charge in [0.1, 0.15) is 17.3 Å². The third-order valence-electron chi connectivity index (χ3n) is 5.72. The Morgan fingerprint density at radius 3 is 2.16 bits per heavy atom. The van der Waals surface area contributed by atoms with Crippen molar-refractivity contribution in [1.29, 1.82) is 0 Å². The first-order chi connectivity index (χ1) is 18.4. The number of benzene rings is 4. The molecule has 0 spiro atoms. The number of amides is 1. The summed E-state index contributed by atoms with van der Waals surface area (Å²) in [7, 11) is 0. The molecule has 5 rings (SSSR count). The van der Waals surface area contributed by atoms with E-state index in [1.165, 1.54) is 48.0 Å². The summed E-state index contributed by atoms with van der Waals surface area (Å²) in [5.41, 5.74) is 3.47. The number of para-hydroxylation sites is 1. The molecule has 0 bridgehead atoms. The van der Waals surface area contributed by atoms with E-state index in [4.69, 9.17) is 9.84 Å². The van der Waals surface area contributed by atoms with Gasteiger partial charge in [-0.15, -0.1) is 0 Å². The Hall–Kier alpha value is -5.11. The zero-order valence-electron chi connectivity index (χ0n) is 20.2. The molecular weight excluding hydrogens is 488 g/mol. The molecule has 0 saturated heterocycles. The second-order valence-corrected chi connectivity index (χ2v) is 8.42. The fourth-order valence-corrected chi connectivity index (χ4v) is 4.00. The number of ether oxygens (including phenoxy) is 1. The van der Waals surface area contributed by atoms with Gasteiger partial charge in [0.05, 0.1) is 11.3 Å². The molecule has 1 N–H and O–H groups in total. The number of hydrogen-bond donors (Lipinski definition) is 1. The van der Waals surface area contributed by atoms with E-state index < -0.39 is 23.5 Å². The molecule has 8 heteroatoms. The fourth-order valence-electron chi connectivity index (χ4n) is 4.00. The summed E-state index contributed by atoms with van der Waals surface area (Å²) in [4.78, 5) is 24.7. The highest BCUT2D eigenvalue weighted by molar-refractivity contribution is 6.04. The Bertz CT molecular complexity index is 1610. The second kappa shape index (κ2) is 10.5. The number of halogens is 2. The van der Waals surface area contributed by atoms with E-state index in [1.807, 2.05) is 30.3 Å². The van der Waals surface area contributed by atoms with E-state index in [9.17, 15) is 18.4 Å². The van der Waals surface area contributed by atoms with Crippen molar-refractivity contribution in [2.75, 3.05) is 5.32 Å². The van der Waals surface area contributed by atoms with Gasteiger partial charge in [-0.25, -0.2) is 8.78 Å². The van der Waals surface area contributed by atoms with Gasteiger partial charge in [0, 0.05) is 23.7 Å². The molecule has 5 aromatic rings. The van der Waals surface area contributed by atoms with Crippen LogP contribution < -0.4 is 10.1 Å². The minimum absolute atomic E-state index is 0.172. The zero-order chi connectivity index (χ0) is 26.6. The Kier molecular flexibility index (Phi) is 6.78. The van der Waals surface area contributed by atoms with Gasteiger partial charge >= 0.3 is 5.97 Å². The summed E-state index contributed by atoms with van der Waals surface area (Å²) in [5, 5.41) is 7.48. The van der Waals surface area contributed by atoms with E-state index in [2.05, 4.69) is 5.32 Å². The second-order valence-electron chi connectivity index (χ2n) is 8.42. The number of carbonyl (C=O) groups is 2. The summed E-state index contributed by atoms with van der Waals surface area (Å²) >= 11 is 0. The van der Waals surface area contributed by atoms with E-state index in [1.54, 1.807) is 36.4 Å². The topological polar surface area (TPSA) is 73.2 Å². The summed E-state index contributed by atoms with van der Waals surface area (Å²) in [6, 6.07) is 27.2. The van der Waals surface area contributed by atoms with Gasteiger partial charge in [0.15, 0.2) is 0 Å². The Labute approximate surface area is 217 Å². The van der Waals surface area contributed by atoms with Crippen molar-refractivity contribution in [3.05, 3.63) is 120 Å². The van der Waals surface area contributed by atoms with Gasteiger partial charge < -0.3 is 10.1 Å². The number of carbonyl (C=O) groups excluding carboxylic acids is 2. The van der Waals surface area contributed by atoms with Crippen LogP contribution in [0.5, 0.6) is 5.88 Å². The van der Waals surface area contributed by atoms with Crippen molar-refractivity contribution in [1.82, 2.24) is 9.78 Å². The fraction of sp³-hybridized carbons (Fsp3) is 0.0333. The van der Waals surface area contributed by atoms with Gasteiger partial charge in [-0.2, -0.15) is 9.78 Å². The first kappa shape index (κ1) is 24.6. The van der Waals surface area contributed by atoms with Gasteiger partial charge in [0.2, 0.25) is 5.88 Å². The summed E-state index contributed by atoms with van der Waals surface area (Å²) in [6.45, 7) is 1.29. The van der Waals surface area contributed by atoms with Crippen molar-refractivity contribution < 1.29 is 23.1 Å². The van der Waals surface area contributed by atoms with Crippen LogP contribution in [-0.4, -0.2) is 21.7 Å². The van der Waals surface area contributed by atoms with E-state index >= 15 is 0 Å². The van der Waals surface area contributed by atoms with E-state index in [-0.39, 0.29) is 5.88 Å². The molecule has 0 unspecified atom stereocenters. The highest BCUT2D eigenvalue weighted by Gasteiger charge is 2.25. The van der Waals surface area contributed by atoms with Crippen molar-refractivity contribution in [3.8, 4) is 34.0 Å². The Morgan fingerprint density at radius 1 is 0.789 bits per heavy atom. The van der Waals surface area contributed by atoms with Gasteiger partial charge in [-0.05, 0) is 66.2 Å². The first-order valence-corrected chi connectivity index (χ1v) is 11.7. The smallest absolute Gasteiger partial charge is 0.309 e. The maximum atomic E-state index is 14.2. The number of anilines is 1. The van der Waals surface area contributed by atoms with Crippen LogP contribution in [0, 0.1) is 11.6 Å². The van der Waals surface area contributed by atoms with Gasteiger partial charge in [-0.3, -0.25) is 9.59 Å². The molecule has 0 aliphatic rings. The Morgan fingerprint density at radius 2 is 1.50 bits per heavy atom. The zero-order valence-corrected chi connectivity index (χ0v) is 20.2. The van der Waals surface area contributed by atoms with Gasteiger partial charge in [-0.1, -0.05) is 42.5 Å². The molecule has 0 aliphatic heterocycles. The van der Waals surface area contributed by atoms with Crippen molar-refractivity contribution >= 4 is 17.6 Å². The molecule has 1 amide bonds. The predicted octanol–water partition coefficient (Wildman–Crippen LogP) is 6.66. The first-order valence-electron chi connectivity index (χ1n) is 11.7. The van der Waals surface area contributed by atoms with Crippen LogP contribution in [0.3, 0.4) is 0 Å². The predicted molar refractivity (Wildman–Crippen MR) is 140 cm³/mol. The number of aromatic nitrogens is 2. The van der Waals surface area contributed by atoms with Crippen molar-refractivity contribution in [3.63, 3.8) is 0 Å². The lowest BCUT2D eigenvalue weighted by atomic mass is 10.0. The standard InChI is InChI=1S/C30H21F2N3O3/c1-19(36)38-30-27(20-12-16-25(17-13-20)33-29(37)21-10-14-23(31)15-11-21)28(22-6-5-7-24(32)18-22)34-35(30)26-8-3-2-4-9-26/h2-18H,1H3,(H,33,37). The molecule has 6 nitrogen and oxygen atoms in total. The van der Waals surface area contributed by atoms with Gasteiger partial charge in [0.25, 0.3) is 5.91 Å². The van der Waals surface area contributed by atoms with E-state index in [0.717, 1.165) is 0 Å². The van der Waals surface area contributed by atoms with Crippen LogP contribution >= 0.6 is 0 Å². The van der Waals surface area contributed by atoms with Crippen molar-refractivity contribution in [2.45, 2.75) is 6.92 Å². The number of nitrogens with zero attached hydrogens (tertiary/aromatic N) is 2. The average Bonchev–Trinajstić information content (AvgIpc) is 3.28. The monoisotopic (exact) mass is 509 g/mol. The molecule has 1 heterocycles. The SMILES string of the molecule is CC(=O)Oc1c(-c2ccc(NC(=O)c3ccc(F)cc3)cc2)c(-c2cccc(F)c2)nn1-c1ccccc1. The summed E-state index contributed by atoms with van der Waals surface area (Å²) < 4.78 is 34.5. The van der Waals surface area contributed by atoms with Crippen LogP contribution in [0.2, 0.25) is 0 Å². The van der Waals surface area contributed by atoms with E-state index in [0.29, 0.717) is 39.3 Å². The molecule has 38 heavy (non-hydrogen) atoms. The van der Waals surface area contributed by atoms with Crippen LogP contribution in [0.4, 0.5) is 14.5 Å². The highest BCUT2D eigenvalue weighted by Crippen LogP contribution is 2.41. The molecule has 4 aromatic carbocycles. The highest BCUT2D eigenvalue weighted by atomic mass is 19.1. The van der Waals surface area contributed by atoms with Crippen LogP contribution in [0.15, 0.2) is 103 Å². The summed E-state index contributed by atoms with van der Waals surface area (Å²) in [6.07, 6.45) is 0. The van der Waals surface area contributed by atoms with Crippen LogP contribution in [0.1, 0.15) is 17.3 Å². The number of esters is 1. The molecule has 188 valence electrons. The largest absolute Gasteiger partial charge is 0.407 e. The summed E-state index contributed by atoms with van der Waals surface area (Å²) in [5.74, 6) is -1.63. The normalized spacial score (nSPS) is 10.7. The lowest BCUT2D eigenvalue weighted by Gasteiger charge is -2.10. The molecule has 0 atom stereocenters. The minimum Gasteiger partial charge on any atom is -0.407 e. The average molecular weight is 510 g/mol. The number of hydrogen-bond acceptors (Lipinski definition) is 4. The quantitative estimate of drug-likeness (QED) is 0.260. The Balaban J connectivity index is 1.59.